The lowest BCUT2D eigenvalue weighted by Crippen LogP contribution is -2.03. The summed E-state index contributed by atoms with van der Waals surface area (Å²) in [6.07, 6.45) is 1.32. The zero-order valence-electron chi connectivity index (χ0n) is 8.60. The van der Waals surface area contributed by atoms with Crippen molar-refractivity contribution in [1.29, 1.82) is 0 Å². The number of carboxylic acids is 1. The van der Waals surface area contributed by atoms with E-state index >= 15 is 0 Å². The van der Waals surface area contributed by atoms with Gasteiger partial charge in [0.2, 0.25) is 0 Å². The Bertz CT molecular complexity index is 568. The average Bonchev–Trinajstić information content (AvgIpc) is 2.61. The van der Waals surface area contributed by atoms with Crippen LogP contribution >= 0.6 is 27.5 Å². The lowest BCUT2D eigenvalue weighted by atomic mass is 10.2. The van der Waals surface area contributed by atoms with E-state index in [4.69, 9.17) is 16.7 Å². The third kappa shape index (κ3) is 2.68. The highest BCUT2D eigenvalue weighted by atomic mass is 79.9. The number of nitrogens with zero attached hydrogens (tertiary/aromatic N) is 2. The van der Waals surface area contributed by atoms with Gasteiger partial charge < -0.3 is 5.11 Å². The van der Waals surface area contributed by atoms with Crippen LogP contribution in [0, 0.1) is 0 Å². The van der Waals surface area contributed by atoms with Crippen LogP contribution < -0.4 is 0 Å². The average molecular weight is 316 g/mol. The van der Waals surface area contributed by atoms with Crippen LogP contribution in [0.15, 0.2) is 35.1 Å². The Kier molecular flexibility index (Phi) is 3.49. The minimum Gasteiger partial charge on any atom is -0.478 e. The number of carbonyl (C=O) groups is 1. The molecule has 0 aliphatic carbocycles. The van der Waals surface area contributed by atoms with Crippen LogP contribution in [0.2, 0.25) is 5.02 Å². The van der Waals surface area contributed by atoms with Crippen molar-refractivity contribution in [3.05, 3.63) is 51.2 Å². The second-order valence-corrected chi connectivity index (χ2v) is 4.63. The summed E-state index contributed by atoms with van der Waals surface area (Å²) in [6, 6.07) is 7.34. The van der Waals surface area contributed by atoms with Crippen LogP contribution in [-0.2, 0) is 6.54 Å². The van der Waals surface area contributed by atoms with Crippen molar-refractivity contribution < 1.29 is 9.90 Å². The summed E-state index contributed by atoms with van der Waals surface area (Å²) in [7, 11) is 0. The van der Waals surface area contributed by atoms with Gasteiger partial charge in [-0.25, -0.2) is 4.79 Å². The number of hydrogen-bond donors (Lipinski definition) is 1. The van der Waals surface area contributed by atoms with E-state index in [2.05, 4.69) is 21.0 Å². The number of aromatic nitrogens is 2. The second kappa shape index (κ2) is 4.89. The summed E-state index contributed by atoms with van der Waals surface area (Å²) >= 11 is 9.09. The van der Waals surface area contributed by atoms with E-state index in [-0.39, 0.29) is 5.56 Å². The first kappa shape index (κ1) is 12.1. The highest BCUT2D eigenvalue weighted by Crippen LogP contribution is 2.18. The van der Waals surface area contributed by atoms with Gasteiger partial charge in [0, 0.05) is 5.02 Å². The molecule has 0 saturated carbocycles. The largest absolute Gasteiger partial charge is 0.478 e. The molecule has 4 nitrogen and oxygen atoms in total. The van der Waals surface area contributed by atoms with E-state index in [1.165, 1.54) is 6.20 Å². The summed E-state index contributed by atoms with van der Waals surface area (Å²) in [5.41, 5.74) is 1.10. The Morgan fingerprint density at radius 3 is 2.88 bits per heavy atom. The Labute approximate surface area is 111 Å². The fourth-order valence-electron chi connectivity index (χ4n) is 1.43. The summed E-state index contributed by atoms with van der Waals surface area (Å²) in [5, 5.41) is 13.5. The molecule has 0 saturated heterocycles. The smallest absolute Gasteiger partial charge is 0.340 e. The van der Waals surface area contributed by atoms with Gasteiger partial charge in [-0.1, -0.05) is 23.7 Å². The minimum absolute atomic E-state index is 0.145. The zero-order chi connectivity index (χ0) is 12.4. The van der Waals surface area contributed by atoms with Gasteiger partial charge in [0.25, 0.3) is 0 Å². The molecule has 1 N–H and O–H groups in total. The number of benzene rings is 1. The summed E-state index contributed by atoms with van der Waals surface area (Å²) in [6.45, 7) is 0.467. The first-order chi connectivity index (χ1) is 8.08. The fourth-order valence-corrected chi connectivity index (χ4v) is 2.13. The molecule has 0 atom stereocenters. The van der Waals surface area contributed by atoms with Crippen LogP contribution in [0.25, 0.3) is 0 Å². The van der Waals surface area contributed by atoms with Crippen molar-refractivity contribution in [3.8, 4) is 0 Å². The number of hydrogen-bond acceptors (Lipinski definition) is 2. The Morgan fingerprint density at radius 2 is 2.29 bits per heavy atom. The molecule has 0 bridgehead atoms. The van der Waals surface area contributed by atoms with Crippen molar-refractivity contribution in [2.75, 3.05) is 0 Å². The molecule has 0 spiro atoms. The Hall–Kier alpha value is -1.33. The first-order valence-electron chi connectivity index (χ1n) is 4.77. The van der Waals surface area contributed by atoms with E-state index in [0.29, 0.717) is 16.2 Å². The predicted molar refractivity (Wildman–Crippen MR) is 67.4 cm³/mol. The summed E-state index contributed by atoms with van der Waals surface area (Å²) in [5.74, 6) is -1.01. The molecule has 1 aromatic heterocycles. The molecule has 0 aliphatic heterocycles. The zero-order valence-corrected chi connectivity index (χ0v) is 10.9. The molecule has 0 radical (unpaired) electrons. The van der Waals surface area contributed by atoms with Gasteiger partial charge in [-0.15, -0.1) is 0 Å². The topological polar surface area (TPSA) is 55.1 Å². The molecule has 88 valence electrons. The molecule has 0 fully saturated rings. The molecule has 1 heterocycles. The SMILES string of the molecule is O=C(O)c1cnn(Cc2cccc(Cl)c2)c1Br. The maximum absolute atomic E-state index is 10.8. The van der Waals surface area contributed by atoms with Crippen LogP contribution in [0.4, 0.5) is 0 Å². The molecule has 6 heteroatoms. The van der Waals surface area contributed by atoms with E-state index < -0.39 is 5.97 Å². The molecular weight excluding hydrogens is 307 g/mol. The molecule has 1 aromatic carbocycles. The van der Waals surface area contributed by atoms with Crippen molar-refractivity contribution in [2.45, 2.75) is 6.54 Å². The first-order valence-corrected chi connectivity index (χ1v) is 5.94. The molecule has 0 amide bonds. The van der Waals surface area contributed by atoms with Crippen molar-refractivity contribution in [2.24, 2.45) is 0 Å². The number of aromatic carboxylic acids is 1. The third-order valence-corrected chi connectivity index (χ3v) is 3.30. The lowest BCUT2D eigenvalue weighted by Gasteiger charge is -2.04. The quantitative estimate of drug-likeness (QED) is 0.947. The summed E-state index contributed by atoms with van der Waals surface area (Å²) < 4.78 is 2.01. The highest BCUT2D eigenvalue weighted by Gasteiger charge is 2.14. The van der Waals surface area contributed by atoms with Gasteiger partial charge in [0.1, 0.15) is 10.2 Å². The normalized spacial score (nSPS) is 10.5. The Morgan fingerprint density at radius 1 is 1.53 bits per heavy atom. The van der Waals surface area contributed by atoms with Gasteiger partial charge in [0.15, 0.2) is 0 Å². The molecule has 17 heavy (non-hydrogen) atoms. The maximum atomic E-state index is 10.8. The minimum atomic E-state index is -1.01. The van der Waals surface area contributed by atoms with Crippen molar-refractivity contribution in [1.82, 2.24) is 9.78 Å². The fraction of sp³-hybridized carbons (Fsp3) is 0.0909. The molecular formula is C11H8BrClN2O2. The lowest BCUT2D eigenvalue weighted by molar-refractivity contribution is 0.0695. The number of halogens is 2. The van der Waals surface area contributed by atoms with Crippen LogP contribution in [0.1, 0.15) is 15.9 Å². The molecule has 2 rings (SSSR count). The van der Waals surface area contributed by atoms with Gasteiger partial charge in [-0.3, -0.25) is 4.68 Å². The van der Waals surface area contributed by atoms with Crippen LogP contribution in [0.3, 0.4) is 0 Å². The van der Waals surface area contributed by atoms with E-state index in [1.54, 1.807) is 10.7 Å². The predicted octanol–water partition coefficient (Wildman–Crippen LogP) is 3.05. The number of carboxylic acid groups (broad SMARTS) is 1. The van der Waals surface area contributed by atoms with Gasteiger partial charge >= 0.3 is 5.97 Å². The standard InChI is InChI=1S/C11H8BrClN2O2/c12-10-9(11(16)17)5-14-15(10)6-7-2-1-3-8(13)4-7/h1-5H,6H2,(H,16,17). The second-order valence-electron chi connectivity index (χ2n) is 3.44. The molecule has 0 aliphatic rings. The monoisotopic (exact) mass is 314 g/mol. The van der Waals surface area contributed by atoms with Crippen molar-refractivity contribution >= 4 is 33.5 Å². The van der Waals surface area contributed by atoms with Gasteiger partial charge in [-0.2, -0.15) is 5.10 Å². The summed E-state index contributed by atoms with van der Waals surface area (Å²) in [4.78, 5) is 10.8. The third-order valence-electron chi connectivity index (χ3n) is 2.23. The van der Waals surface area contributed by atoms with E-state index in [0.717, 1.165) is 5.56 Å². The Balaban J connectivity index is 2.28. The van der Waals surface area contributed by atoms with Crippen LogP contribution in [-0.4, -0.2) is 20.9 Å². The van der Waals surface area contributed by atoms with Crippen molar-refractivity contribution in [3.63, 3.8) is 0 Å². The maximum Gasteiger partial charge on any atom is 0.340 e. The van der Waals surface area contributed by atoms with E-state index in [1.807, 2.05) is 18.2 Å². The van der Waals surface area contributed by atoms with E-state index in [9.17, 15) is 4.79 Å². The molecule has 2 aromatic rings. The van der Waals surface area contributed by atoms with Crippen LogP contribution in [0.5, 0.6) is 0 Å². The number of rotatable bonds is 3. The van der Waals surface area contributed by atoms with Gasteiger partial charge in [0.05, 0.1) is 12.7 Å². The highest BCUT2D eigenvalue weighted by molar-refractivity contribution is 9.10. The van der Waals surface area contributed by atoms with Gasteiger partial charge in [-0.05, 0) is 33.6 Å². The molecule has 0 unspecified atom stereocenters.